The van der Waals surface area contributed by atoms with Crippen LogP contribution in [0.5, 0.6) is 0 Å². The van der Waals surface area contributed by atoms with E-state index in [9.17, 15) is 14.6 Å². The highest BCUT2D eigenvalue weighted by molar-refractivity contribution is 8.14. The molecule has 0 amide bonds. The fourth-order valence-electron chi connectivity index (χ4n) is 2.42. The fraction of sp³-hybridized carbons (Fsp3) is 0.909. The van der Waals surface area contributed by atoms with Gasteiger partial charge in [-0.25, -0.2) is 0 Å². The third-order valence-corrected chi connectivity index (χ3v) is 4.87. The Bertz CT molecular complexity index is 353. The third kappa shape index (κ3) is 2.03. The third-order valence-electron chi connectivity index (χ3n) is 3.67. The molecular weight excluding hydrogens is 259 g/mol. The molecule has 0 radical (unpaired) electrons. The van der Waals surface area contributed by atoms with E-state index in [0.29, 0.717) is 0 Å². The first-order chi connectivity index (χ1) is 8.70. The number of hydrogen-bond acceptors (Lipinski definition) is 6. The molecule has 0 aromatic rings. The van der Waals surface area contributed by atoms with Gasteiger partial charge in [-0.1, -0.05) is 11.8 Å². The highest BCUT2D eigenvalue weighted by Gasteiger charge is 2.48. The van der Waals surface area contributed by atoms with Gasteiger partial charge < -0.3 is 19.8 Å². The van der Waals surface area contributed by atoms with Crippen LogP contribution < -0.4 is 0 Å². The number of halogens is 1. The Labute approximate surface area is 109 Å². The molecule has 0 saturated carbocycles. The van der Waals surface area contributed by atoms with Crippen LogP contribution in [0, 0.1) is 0 Å². The maximum absolute atomic E-state index is 12.4. The number of alkyl halides is 1. The predicted octanol–water partition coefficient (Wildman–Crippen LogP) is -0.0302. The maximum Gasteiger partial charge on any atom is 0.162 e. The maximum atomic E-state index is 12.4. The Morgan fingerprint density at radius 1 is 1.39 bits per heavy atom. The van der Waals surface area contributed by atoms with E-state index in [1.54, 1.807) is 0 Å². The van der Waals surface area contributed by atoms with E-state index in [1.165, 1.54) is 11.8 Å². The molecule has 2 N–H and O–H groups in total. The minimum atomic E-state index is -1.05. The quantitative estimate of drug-likeness (QED) is 0.741. The lowest BCUT2D eigenvalue weighted by Gasteiger charge is -2.38. The molecule has 2 fully saturated rings. The van der Waals surface area contributed by atoms with Crippen molar-refractivity contribution in [2.75, 3.05) is 19.8 Å². The summed E-state index contributed by atoms with van der Waals surface area (Å²) >= 11 is 1.47. The van der Waals surface area contributed by atoms with Gasteiger partial charge in [0.15, 0.2) is 5.17 Å². The molecule has 7 heteroatoms. The van der Waals surface area contributed by atoms with Gasteiger partial charge in [-0.2, -0.15) is 0 Å². The fourth-order valence-corrected chi connectivity index (χ4v) is 3.70. The van der Waals surface area contributed by atoms with Crippen LogP contribution in [0.4, 0.5) is 4.39 Å². The van der Waals surface area contributed by atoms with E-state index >= 15 is 0 Å². The molecule has 3 rings (SSSR count). The molecule has 0 aliphatic carbocycles. The summed E-state index contributed by atoms with van der Waals surface area (Å²) in [5, 5.41) is 20.8. The molecule has 0 unspecified atom stereocenters. The number of aliphatic hydroxyl groups excluding tert-OH is 2. The topological polar surface area (TPSA) is 65.3 Å². The minimum Gasteiger partial charge on any atom is -0.388 e. The summed E-state index contributed by atoms with van der Waals surface area (Å²) in [5.41, 5.74) is -0.296. The monoisotopic (exact) mass is 276 g/mol. The average molecular weight is 276 g/mol. The van der Waals surface area contributed by atoms with Crippen molar-refractivity contribution in [3.63, 3.8) is 0 Å². The number of thioether (sulfide) groups is 1. The van der Waals surface area contributed by atoms with Crippen molar-refractivity contribution in [2.24, 2.45) is 4.99 Å². The zero-order valence-electron chi connectivity index (χ0n) is 9.91. The average Bonchev–Trinajstić information content (AvgIpc) is 2.67. The van der Waals surface area contributed by atoms with E-state index in [2.05, 4.69) is 9.89 Å². The largest absolute Gasteiger partial charge is 0.388 e. The Kier molecular flexibility index (Phi) is 3.48. The van der Waals surface area contributed by atoms with E-state index in [4.69, 9.17) is 4.74 Å². The summed E-state index contributed by atoms with van der Waals surface area (Å²) in [7, 11) is 0. The van der Waals surface area contributed by atoms with Crippen molar-refractivity contribution in [1.82, 2.24) is 4.90 Å². The smallest absolute Gasteiger partial charge is 0.162 e. The molecule has 0 aromatic heterocycles. The number of nitrogens with zero attached hydrogens (tertiary/aromatic N) is 2. The number of aliphatic imine (C=N–C) groups is 1. The number of aliphatic hydroxyl groups is 2. The van der Waals surface area contributed by atoms with Gasteiger partial charge in [-0.3, -0.25) is 9.38 Å². The summed E-state index contributed by atoms with van der Waals surface area (Å²) in [4.78, 5) is 6.57. The first kappa shape index (κ1) is 12.7. The number of fused-ring (bicyclic) bond motifs is 1. The zero-order valence-corrected chi connectivity index (χ0v) is 10.7. The van der Waals surface area contributed by atoms with E-state index in [0.717, 1.165) is 24.7 Å². The van der Waals surface area contributed by atoms with Crippen molar-refractivity contribution in [3.05, 3.63) is 0 Å². The highest BCUT2D eigenvalue weighted by atomic mass is 32.2. The summed E-state index contributed by atoms with van der Waals surface area (Å²) in [5.74, 6) is 0. The predicted molar refractivity (Wildman–Crippen MR) is 66.3 cm³/mol. The van der Waals surface area contributed by atoms with Crippen molar-refractivity contribution in [1.29, 1.82) is 0 Å². The molecule has 0 aromatic carbocycles. The molecular formula is C11H17FN2O3S. The SMILES string of the molecule is O[C@H]1[C@H](O)[C@H](CCF)O[C@@H]2SC(N3CCC3)=N[C@H]12. The van der Waals surface area contributed by atoms with Gasteiger partial charge in [0.2, 0.25) is 0 Å². The van der Waals surface area contributed by atoms with Gasteiger partial charge in [0.05, 0.1) is 12.8 Å². The summed E-state index contributed by atoms with van der Waals surface area (Å²) in [6, 6.07) is -0.434. The van der Waals surface area contributed by atoms with E-state index in [-0.39, 0.29) is 11.9 Å². The molecule has 102 valence electrons. The van der Waals surface area contributed by atoms with E-state index in [1.807, 2.05) is 0 Å². The molecule has 18 heavy (non-hydrogen) atoms. The second kappa shape index (κ2) is 4.96. The zero-order chi connectivity index (χ0) is 12.7. The number of likely N-dealkylation sites (tertiary alicyclic amines) is 1. The van der Waals surface area contributed by atoms with Gasteiger partial charge >= 0.3 is 0 Å². The Morgan fingerprint density at radius 2 is 2.17 bits per heavy atom. The lowest BCUT2D eigenvalue weighted by atomic mass is 9.97. The number of amidine groups is 1. The van der Waals surface area contributed by atoms with Crippen LogP contribution in [0.3, 0.4) is 0 Å². The van der Waals surface area contributed by atoms with Crippen molar-refractivity contribution >= 4 is 16.9 Å². The van der Waals surface area contributed by atoms with Crippen LogP contribution in [0.1, 0.15) is 12.8 Å². The minimum absolute atomic E-state index is 0.112. The summed E-state index contributed by atoms with van der Waals surface area (Å²) in [6.45, 7) is 1.41. The van der Waals surface area contributed by atoms with Crippen molar-refractivity contribution in [2.45, 2.75) is 42.6 Å². The standard InChI is InChI=1S/C11H17FN2O3S/c12-3-2-6-8(15)9(16)7-10(17-6)18-11(13-7)14-4-1-5-14/h6-10,15-16H,1-5H2/t6-,7+,8+,9+,10+/m0/s1. The second-order valence-electron chi connectivity index (χ2n) is 4.86. The summed E-state index contributed by atoms with van der Waals surface area (Å²) in [6.07, 6.45) is -1.38. The van der Waals surface area contributed by atoms with Crippen LogP contribution in [0.25, 0.3) is 0 Å². The van der Waals surface area contributed by atoms with Gasteiger partial charge in [0.1, 0.15) is 23.7 Å². The first-order valence-corrected chi connectivity index (χ1v) is 7.15. The molecule has 5 nitrogen and oxygen atoms in total. The number of rotatable bonds is 2. The van der Waals surface area contributed by atoms with Crippen LogP contribution in [-0.4, -0.2) is 69.8 Å². The first-order valence-electron chi connectivity index (χ1n) is 6.27. The van der Waals surface area contributed by atoms with E-state index < -0.39 is 31.0 Å². The Hall–Kier alpha value is -0.370. The molecule has 3 aliphatic rings. The number of ether oxygens (including phenoxy) is 1. The summed E-state index contributed by atoms with van der Waals surface area (Å²) < 4.78 is 18.0. The van der Waals surface area contributed by atoms with Crippen LogP contribution in [-0.2, 0) is 4.74 Å². The van der Waals surface area contributed by atoms with Crippen LogP contribution >= 0.6 is 11.8 Å². The molecule has 2 saturated heterocycles. The van der Waals surface area contributed by atoms with Crippen LogP contribution in [0.2, 0.25) is 0 Å². The number of hydrogen-bond donors (Lipinski definition) is 2. The second-order valence-corrected chi connectivity index (χ2v) is 5.93. The molecule has 3 heterocycles. The van der Waals surface area contributed by atoms with Crippen molar-refractivity contribution in [3.8, 4) is 0 Å². The normalized spacial score (nSPS) is 43.4. The highest BCUT2D eigenvalue weighted by Crippen LogP contribution is 2.38. The van der Waals surface area contributed by atoms with Crippen LogP contribution in [0.15, 0.2) is 4.99 Å². The Balaban J connectivity index is 1.71. The Morgan fingerprint density at radius 3 is 2.78 bits per heavy atom. The molecule has 5 atom stereocenters. The van der Waals surface area contributed by atoms with Crippen molar-refractivity contribution < 1.29 is 19.3 Å². The molecule has 0 bridgehead atoms. The van der Waals surface area contributed by atoms with Gasteiger partial charge in [0.25, 0.3) is 0 Å². The van der Waals surface area contributed by atoms with Gasteiger partial charge in [-0.15, -0.1) is 0 Å². The van der Waals surface area contributed by atoms with Gasteiger partial charge in [0, 0.05) is 19.5 Å². The van der Waals surface area contributed by atoms with Gasteiger partial charge in [-0.05, 0) is 6.42 Å². The lowest BCUT2D eigenvalue weighted by molar-refractivity contribution is -0.155. The molecule has 3 aliphatic heterocycles. The lowest BCUT2D eigenvalue weighted by Crippen LogP contribution is -2.54. The molecule has 0 spiro atoms.